The maximum atomic E-state index is 13.1. The molecule has 1 rings (SSSR count). The second-order valence-electron chi connectivity index (χ2n) is 2.71. The fraction of sp³-hybridized carbons (Fsp3) is 0.125. The lowest BCUT2D eigenvalue weighted by molar-refractivity contribution is -0.387. The van der Waals surface area contributed by atoms with E-state index in [2.05, 4.69) is 20.7 Å². The molecular formula is C8H5BrFNO5. The first kappa shape index (κ1) is 12.4. The Morgan fingerprint density at radius 3 is 2.75 bits per heavy atom. The van der Waals surface area contributed by atoms with E-state index in [9.17, 15) is 19.3 Å². The molecule has 86 valence electrons. The highest BCUT2D eigenvalue weighted by Crippen LogP contribution is 2.26. The third-order valence-corrected chi connectivity index (χ3v) is 2.40. The molecule has 0 aliphatic rings. The largest absolute Gasteiger partial charge is 0.506 e. The molecule has 16 heavy (non-hydrogen) atoms. The van der Waals surface area contributed by atoms with Crippen LogP contribution in [0.3, 0.4) is 0 Å². The van der Waals surface area contributed by atoms with Crippen LogP contribution in [0.25, 0.3) is 0 Å². The van der Waals surface area contributed by atoms with E-state index in [1.54, 1.807) is 0 Å². The summed E-state index contributed by atoms with van der Waals surface area (Å²) in [6.45, 7) is -0.392. The Kier molecular flexibility index (Phi) is 3.78. The maximum absolute atomic E-state index is 13.1. The van der Waals surface area contributed by atoms with Gasteiger partial charge in [-0.05, 0) is 6.07 Å². The molecule has 0 aromatic heterocycles. The number of hydrogen-bond acceptors (Lipinski definition) is 4. The van der Waals surface area contributed by atoms with Gasteiger partial charge in [0.05, 0.1) is 4.92 Å². The quantitative estimate of drug-likeness (QED) is 0.526. The molecule has 0 unspecified atom stereocenters. The minimum atomic E-state index is -1.51. The Morgan fingerprint density at radius 2 is 2.25 bits per heavy atom. The van der Waals surface area contributed by atoms with Gasteiger partial charge in [-0.1, -0.05) is 15.9 Å². The molecule has 0 saturated heterocycles. The summed E-state index contributed by atoms with van der Waals surface area (Å²) >= 11 is 2.94. The number of carbonyl (C=O) groups is 1. The fourth-order valence-corrected chi connectivity index (χ4v) is 1.40. The number of halogens is 2. The monoisotopic (exact) mass is 293 g/mol. The van der Waals surface area contributed by atoms with E-state index < -0.39 is 29.2 Å². The van der Waals surface area contributed by atoms with Gasteiger partial charge < -0.3 is 9.84 Å². The average Bonchev–Trinajstić information content (AvgIpc) is 2.15. The summed E-state index contributed by atoms with van der Waals surface area (Å²) in [5.41, 5.74) is -0.553. The van der Waals surface area contributed by atoms with E-state index >= 15 is 0 Å². The van der Waals surface area contributed by atoms with Gasteiger partial charge in [0.25, 0.3) is 0 Å². The molecule has 1 N–H and O–H groups in total. The lowest BCUT2D eigenvalue weighted by atomic mass is 10.2. The van der Waals surface area contributed by atoms with Gasteiger partial charge in [0, 0.05) is 16.1 Å². The van der Waals surface area contributed by atoms with Crippen molar-refractivity contribution in [3.05, 3.63) is 38.1 Å². The zero-order valence-corrected chi connectivity index (χ0v) is 9.23. The van der Waals surface area contributed by atoms with E-state index in [1.807, 2.05) is 0 Å². The number of carboxylic acid groups (broad SMARTS) is 1. The summed E-state index contributed by atoms with van der Waals surface area (Å²) in [7, 11) is 0. The Labute approximate surface area is 96.9 Å². The topological polar surface area (TPSA) is 89.7 Å². The molecule has 0 heterocycles. The molecule has 0 spiro atoms. The minimum absolute atomic E-state index is 0.176. The van der Waals surface area contributed by atoms with Gasteiger partial charge >= 0.3 is 11.8 Å². The van der Waals surface area contributed by atoms with Gasteiger partial charge in [-0.2, -0.15) is 4.39 Å². The predicted octanol–water partition coefficient (Wildman–Crippen LogP) is 2.69. The van der Waals surface area contributed by atoms with Crippen LogP contribution in [-0.4, -0.2) is 16.2 Å². The number of benzene rings is 1. The van der Waals surface area contributed by atoms with Gasteiger partial charge in [-0.15, -0.1) is 0 Å². The molecule has 1 aromatic rings. The average molecular weight is 294 g/mol. The van der Waals surface area contributed by atoms with Gasteiger partial charge in [-0.25, -0.2) is 4.79 Å². The lowest BCUT2D eigenvalue weighted by Gasteiger charge is -2.04. The molecular weight excluding hydrogens is 289 g/mol. The van der Waals surface area contributed by atoms with E-state index in [0.29, 0.717) is 0 Å². The molecule has 1 aromatic carbocycles. The van der Waals surface area contributed by atoms with Crippen LogP contribution in [0.1, 0.15) is 5.56 Å². The summed E-state index contributed by atoms with van der Waals surface area (Å²) < 4.78 is 17.5. The molecule has 0 aliphatic carbocycles. The van der Waals surface area contributed by atoms with Crippen molar-refractivity contribution in [3.8, 4) is 0 Å². The minimum Gasteiger partial charge on any atom is -0.450 e. The van der Waals surface area contributed by atoms with Gasteiger partial charge in [0.2, 0.25) is 5.82 Å². The molecule has 8 heteroatoms. The molecule has 0 atom stereocenters. The summed E-state index contributed by atoms with van der Waals surface area (Å²) in [5.74, 6) is -1.00. The van der Waals surface area contributed by atoms with E-state index in [1.165, 1.54) is 0 Å². The summed E-state index contributed by atoms with van der Waals surface area (Å²) in [4.78, 5) is 19.6. The SMILES string of the molecule is O=C(O)OCc1cc([N+](=O)[O-])c(F)cc1Br. The number of nitrogens with zero attached hydrogens (tertiary/aromatic N) is 1. The third kappa shape index (κ3) is 2.89. The molecule has 0 aliphatic heterocycles. The van der Waals surface area contributed by atoms with Crippen molar-refractivity contribution in [3.63, 3.8) is 0 Å². The highest BCUT2D eigenvalue weighted by molar-refractivity contribution is 9.10. The van der Waals surface area contributed by atoms with Gasteiger partial charge in [0.15, 0.2) is 0 Å². The molecule has 6 nitrogen and oxygen atoms in total. The molecule has 0 saturated carbocycles. The zero-order valence-electron chi connectivity index (χ0n) is 7.65. The highest BCUT2D eigenvalue weighted by Gasteiger charge is 2.17. The van der Waals surface area contributed by atoms with Gasteiger partial charge in [0.1, 0.15) is 6.61 Å². The van der Waals surface area contributed by atoms with Crippen molar-refractivity contribution in [2.45, 2.75) is 6.61 Å². The molecule has 0 bridgehead atoms. The van der Waals surface area contributed by atoms with Crippen LogP contribution in [0.15, 0.2) is 16.6 Å². The van der Waals surface area contributed by atoms with Crippen LogP contribution in [0.2, 0.25) is 0 Å². The third-order valence-electron chi connectivity index (χ3n) is 1.66. The van der Waals surface area contributed by atoms with Crippen LogP contribution in [0.4, 0.5) is 14.9 Å². The van der Waals surface area contributed by atoms with Crippen molar-refractivity contribution >= 4 is 27.8 Å². The van der Waals surface area contributed by atoms with Gasteiger partial charge in [-0.3, -0.25) is 10.1 Å². The number of ether oxygens (including phenoxy) is 1. The zero-order chi connectivity index (χ0) is 12.3. The highest BCUT2D eigenvalue weighted by atomic mass is 79.9. The number of nitro benzene ring substituents is 1. The Hall–Kier alpha value is -1.70. The predicted molar refractivity (Wildman–Crippen MR) is 53.6 cm³/mol. The first-order valence-electron chi connectivity index (χ1n) is 3.90. The van der Waals surface area contributed by atoms with Crippen LogP contribution >= 0.6 is 15.9 Å². The lowest BCUT2D eigenvalue weighted by Crippen LogP contribution is -2.02. The van der Waals surface area contributed by atoms with E-state index in [4.69, 9.17) is 5.11 Å². The van der Waals surface area contributed by atoms with Crippen molar-refractivity contribution in [1.82, 2.24) is 0 Å². The first-order valence-corrected chi connectivity index (χ1v) is 4.69. The van der Waals surface area contributed by atoms with E-state index in [-0.39, 0.29) is 10.0 Å². The second kappa shape index (κ2) is 4.88. The van der Waals surface area contributed by atoms with Crippen molar-refractivity contribution in [2.24, 2.45) is 0 Å². The van der Waals surface area contributed by atoms with Crippen molar-refractivity contribution in [2.75, 3.05) is 0 Å². The molecule has 0 amide bonds. The number of rotatable bonds is 3. The number of nitro groups is 1. The van der Waals surface area contributed by atoms with Crippen LogP contribution in [0, 0.1) is 15.9 Å². The maximum Gasteiger partial charge on any atom is 0.506 e. The summed E-state index contributed by atoms with van der Waals surface area (Å²) in [5, 5.41) is 18.7. The Morgan fingerprint density at radius 1 is 1.62 bits per heavy atom. The van der Waals surface area contributed by atoms with E-state index in [0.717, 1.165) is 12.1 Å². The standard InChI is InChI=1S/C8H5BrFNO5/c9-5-2-6(10)7(11(14)15)1-4(5)3-16-8(12)13/h1-2H,3H2,(H,12,13). The summed E-state index contributed by atoms with van der Waals surface area (Å²) in [6.07, 6.45) is -1.51. The normalized spacial score (nSPS) is 9.88. The Balaban J connectivity index is 3.05. The number of hydrogen-bond donors (Lipinski definition) is 1. The molecule has 0 fully saturated rings. The molecule has 0 radical (unpaired) electrons. The van der Waals surface area contributed by atoms with Crippen LogP contribution < -0.4 is 0 Å². The second-order valence-corrected chi connectivity index (χ2v) is 3.56. The Bertz CT molecular complexity index is 450. The van der Waals surface area contributed by atoms with Crippen molar-refractivity contribution < 1.29 is 24.0 Å². The smallest absolute Gasteiger partial charge is 0.450 e. The fourth-order valence-electron chi connectivity index (χ4n) is 0.971. The van der Waals surface area contributed by atoms with Crippen LogP contribution in [-0.2, 0) is 11.3 Å². The summed E-state index contributed by atoms with van der Waals surface area (Å²) in [6, 6.07) is 1.81. The van der Waals surface area contributed by atoms with Crippen LogP contribution in [0.5, 0.6) is 0 Å². The first-order chi connectivity index (χ1) is 7.41. The van der Waals surface area contributed by atoms with Crippen molar-refractivity contribution in [1.29, 1.82) is 0 Å².